The Morgan fingerprint density at radius 1 is 1.55 bits per heavy atom. The van der Waals surface area contributed by atoms with E-state index in [0.717, 1.165) is 0 Å². The van der Waals surface area contributed by atoms with Crippen LogP contribution in [0.4, 0.5) is 4.79 Å². The molecule has 1 heterocycles. The number of amides is 2. The number of nitrogens with one attached hydrogen (secondary N) is 2. The molecule has 0 unspecified atom stereocenters. The number of fused-ring (bicyclic) bond motifs is 1. The molecule has 10 heteroatoms. The van der Waals surface area contributed by atoms with Crippen LogP contribution in [0.1, 0.15) is 6.42 Å². The minimum absolute atomic E-state index is 0.0587. The minimum atomic E-state index is -4.25. The van der Waals surface area contributed by atoms with E-state index in [1.165, 1.54) is 24.1 Å². The summed E-state index contributed by atoms with van der Waals surface area (Å²) in [4.78, 5) is 23.8. The monoisotopic (exact) mass is 302 g/mol. The van der Waals surface area contributed by atoms with Gasteiger partial charge in [-0.2, -0.15) is 8.42 Å². The highest BCUT2D eigenvalue weighted by atomic mass is 32.2. The van der Waals surface area contributed by atoms with E-state index in [-0.39, 0.29) is 12.2 Å². The van der Waals surface area contributed by atoms with Crippen LogP contribution in [0.5, 0.6) is 0 Å². The molecule has 0 spiro atoms. The maximum Gasteiger partial charge on any atom is 0.326 e. The van der Waals surface area contributed by atoms with Crippen molar-refractivity contribution in [1.29, 1.82) is 0 Å². The van der Waals surface area contributed by atoms with Gasteiger partial charge in [-0.25, -0.2) is 10.2 Å². The predicted octanol–water partition coefficient (Wildman–Crippen LogP) is -1.53. The average Bonchev–Trinajstić information content (AvgIpc) is 2.63. The molecule has 110 valence electrons. The number of nitrogens with zero attached hydrogens (tertiary/aromatic N) is 1. The Morgan fingerprint density at radius 2 is 2.20 bits per heavy atom. The Labute approximate surface area is 115 Å². The van der Waals surface area contributed by atoms with Crippen molar-refractivity contribution in [3.8, 4) is 0 Å². The molecule has 0 aromatic heterocycles. The zero-order chi connectivity index (χ0) is 15.1. The molecule has 0 bridgehead atoms. The van der Waals surface area contributed by atoms with Crippen molar-refractivity contribution in [3.05, 3.63) is 23.4 Å². The molecule has 2 amide bonds. The van der Waals surface area contributed by atoms with Gasteiger partial charge in [0.2, 0.25) is 0 Å². The van der Waals surface area contributed by atoms with E-state index in [9.17, 15) is 18.0 Å². The third kappa shape index (κ3) is 2.66. The zero-order valence-electron chi connectivity index (χ0n) is 10.5. The molecule has 1 aliphatic heterocycles. The fourth-order valence-corrected chi connectivity index (χ4v) is 3.14. The summed E-state index contributed by atoms with van der Waals surface area (Å²) in [6, 6.07) is -1.67. The van der Waals surface area contributed by atoms with Crippen LogP contribution < -0.4 is 16.6 Å². The van der Waals surface area contributed by atoms with Crippen LogP contribution >= 0.6 is 0 Å². The second-order valence-corrected chi connectivity index (χ2v) is 6.09. The number of nitrogens with two attached hydrogens (primary N) is 1. The maximum atomic E-state index is 11.8. The number of hydrazine groups is 1. The Kier molecular flexibility index (Phi) is 3.54. The van der Waals surface area contributed by atoms with E-state index in [2.05, 4.69) is 10.9 Å². The van der Waals surface area contributed by atoms with Crippen LogP contribution in [0.15, 0.2) is 23.4 Å². The lowest BCUT2D eigenvalue weighted by Gasteiger charge is -2.22. The van der Waals surface area contributed by atoms with E-state index < -0.39 is 27.6 Å². The van der Waals surface area contributed by atoms with Crippen molar-refractivity contribution >= 4 is 21.9 Å². The van der Waals surface area contributed by atoms with Gasteiger partial charge in [0, 0.05) is 25.2 Å². The molecule has 0 aromatic rings. The van der Waals surface area contributed by atoms with Crippen LogP contribution in [0.3, 0.4) is 0 Å². The summed E-state index contributed by atoms with van der Waals surface area (Å²) in [5.41, 5.74) is 10.4. The number of carbonyl (C=O) groups is 2. The van der Waals surface area contributed by atoms with Crippen molar-refractivity contribution < 1.29 is 22.6 Å². The number of urea groups is 1. The number of carbonyl (C=O) groups excluding carboxylic acids is 2. The Morgan fingerprint density at radius 3 is 2.75 bits per heavy atom. The van der Waals surface area contributed by atoms with Gasteiger partial charge in [-0.15, -0.1) is 0 Å². The molecule has 0 radical (unpaired) electrons. The smallest absolute Gasteiger partial charge is 0.326 e. The molecule has 5 N–H and O–H groups in total. The Hall–Kier alpha value is -1.91. The molecule has 2 aliphatic rings. The largest absolute Gasteiger partial charge is 0.356 e. The molecule has 0 saturated carbocycles. The predicted molar refractivity (Wildman–Crippen MR) is 68.5 cm³/mol. The normalized spacial score (nSPS) is 25.9. The van der Waals surface area contributed by atoms with Crippen LogP contribution in [0, 0.1) is 0 Å². The van der Waals surface area contributed by atoms with Gasteiger partial charge >= 0.3 is 6.03 Å². The fourth-order valence-electron chi connectivity index (χ4n) is 2.23. The first-order valence-electron chi connectivity index (χ1n) is 5.67. The van der Waals surface area contributed by atoms with E-state index in [1.54, 1.807) is 0 Å². The van der Waals surface area contributed by atoms with Gasteiger partial charge in [-0.05, 0) is 5.57 Å². The zero-order valence-corrected chi connectivity index (χ0v) is 11.3. The first kappa shape index (κ1) is 14.5. The minimum Gasteiger partial charge on any atom is -0.356 e. The van der Waals surface area contributed by atoms with Crippen molar-refractivity contribution in [2.45, 2.75) is 17.8 Å². The third-order valence-corrected chi connectivity index (χ3v) is 4.35. The molecule has 20 heavy (non-hydrogen) atoms. The topological polar surface area (TPSA) is 142 Å². The highest BCUT2D eigenvalue weighted by Gasteiger charge is 2.40. The lowest BCUT2D eigenvalue weighted by atomic mass is 9.99. The summed E-state index contributed by atoms with van der Waals surface area (Å²) in [6.07, 6.45) is 2.82. The van der Waals surface area contributed by atoms with E-state index in [0.29, 0.717) is 11.3 Å². The molecular weight excluding hydrogens is 288 g/mol. The second-order valence-electron chi connectivity index (χ2n) is 4.52. The van der Waals surface area contributed by atoms with Gasteiger partial charge in [-0.1, -0.05) is 6.08 Å². The van der Waals surface area contributed by atoms with Gasteiger partial charge in [-0.3, -0.25) is 14.8 Å². The molecule has 9 nitrogen and oxygen atoms in total. The maximum absolute atomic E-state index is 11.8. The number of rotatable bonds is 3. The summed E-state index contributed by atoms with van der Waals surface area (Å²) in [7, 11) is -2.77. The van der Waals surface area contributed by atoms with E-state index >= 15 is 0 Å². The van der Waals surface area contributed by atoms with Crippen molar-refractivity contribution in [2.75, 3.05) is 7.05 Å². The number of likely N-dealkylation sites (N-methyl/N-ethyl adjacent to an activating group) is 1. The molecule has 1 fully saturated rings. The third-order valence-electron chi connectivity index (χ3n) is 3.18. The highest BCUT2D eigenvalue weighted by Crippen LogP contribution is 2.35. The first-order chi connectivity index (χ1) is 9.20. The summed E-state index contributed by atoms with van der Waals surface area (Å²) in [5, 5.41) is -1.12. The van der Waals surface area contributed by atoms with Crippen molar-refractivity contribution in [1.82, 2.24) is 15.8 Å². The molecule has 2 atom stereocenters. The molecule has 2 rings (SSSR count). The standard InChI is InChI=1S/C10H14N4O5S/c1-14-7-4-8(15)6(12-13-10(11)16)2-5(7)3-9(14)20(17,18)19/h2,4,6,9,12H,3H2,1H3,(H3,11,13,16)(H,17,18,19)/t6-,9+/m1/s1. The van der Waals surface area contributed by atoms with E-state index in [4.69, 9.17) is 10.3 Å². The second kappa shape index (κ2) is 4.89. The Balaban J connectivity index is 2.24. The van der Waals surface area contributed by atoms with Gasteiger partial charge < -0.3 is 10.6 Å². The van der Waals surface area contributed by atoms with Crippen LogP contribution in [-0.2, 0) is 14.9 Å². The fraction of sp³-hybridized carbons (Fsp3) is 0.400. The van der Waals surface area contributed by atoms with Gasteiger partial charge in [0.05, 0.1) is 0 Å². The van der Waals surface area contributed by atoms with Crippen molar-refractivity contribution in [3.63, 3.8) is 0 Å². The van der Waals surface area contributed by atoms with E-state index in [1.807, 2.05) is 0 Å². The summed E-state index contributed by atoms with van der Waals surface area (Å²) in [6.45, 7) is 0. The van der Waals surface area contributed by atoms with Gasteiger partial charge in [0.25, 0.3) is 10.1 Å². The summed E-state index contributed by atoms with van der Waals surface area (Å²) >= 11 is 0. The number of primary amides is 1. The molecule has 1 aliphatic carbocycles. The molecular formula is C10H14N4O5S. The lowest BCUT2D eigenvalue weighted by Crippen LogP contribution is -2.49. The van der Waals surface area contributed by atoms with Gasteiger partial charge in [0.15, 0.2) is 11.2 Å². The number of hydrogen-bond donors (Lipinski definition) is 4. The highest BCUT2D eigenvalue weighted by molar-refractivity contribution is 7.86. The SMILES string of the molecule is CN1C2=CC(=O)[C@H](NNC(N)=O)C=C2C[C@@H]1S(=O)(=O)O. The lowest BCUT2D eigenvalue weighted by molar-refractivity contribution is -0.115. The number of ketones is 1. The first-order valence-corrected chi connectivity index (χ1v) is 7.17. The Bertz CT molecular complexity index is 624. The molecule has 0 aromatic carbocycles. The summed E-state index contributed by atoms with van der Waals surface area (Å²) in [5.74, 6) is -0.361. The number of allylic oxidation sites excluding steroid dienone is 1. The van der Waals surface area contributed by atoms with Gasteiger partial charge in [0.1, 0.15) is 6.04 Å². The van der Waals surface area contributed by atoms with Crippen LogP contribution in [0.2, 0.25) is 0 Å². The number of hydrogen-bond acceptors (Lipinski definition) is 6. The number of likely N-dealkylation sites (tertiary alicyclic amines) is 1. The van der Waals surface area contributed by atoms with Crippen LogP contribution in [-0.4, -0.2) is 48.1 Å². The average molecular weight is 302 g/mol. The molecule has 1 saturated heterocycles. The van der Waals surface area contributed by atoms with Crippen molar-refractivity contribution in [2.24, 2.45) is 5.73 Å². The van der Waals surface area contributed by atoms with Crippen LogP contribution in [0.25, 0.3) is 0 Å². The summed E-state index contributed by atoms with van der Waals surface area (Å²) < 4.78 is 31.6. The quantitative estimate of drug-likeness (QED) is 0.366.